The molecule has 4 nitrogen and oxygen atoms in total. The van der Waals surface area contributed by atoms with E-state index in [0.29, 0.717) is 4.88 Å². The second-order valence-corrected chi connectivity index (χ2v) is 7.23. The SMILES string of the molecule is CC(C)c1scnc1NS(=O)(=O)c1c(F)c(F)c(F)c(F)c1F. The van der Waals surface area contributed by atoms with Crippen molar-refractivity contribution in [1.29, 1.82) is 0 Å². The number of thiazole rings is 1. The smallest absolute Gasteiger partial charge is 0.262 e. The lowest BCUT2D eigenvalue weighted by atomic mass is 10.2. The van der Waals surface area contributed by atoms with Crippen molar-refractivity contribution in [2.75, 3.05) is 4.72 Å². The highest BCUT2D eigenvalue weighted by molar-refractivity contribution is 7.92. The third-order valence-electron chi connectivity index (χ3n) is 2.79. The molecule has 11 heteroatoms. The number of nitrogens with one attached hydrogen (secondary N) is 1. The molecule has 0 radical (unpaired) electrons. The molecule has 1 aromatic carbocycles. The van der Waals surface area contributed by atoms with Crippen molar-refractivity contribution in [2.24, 2.45) is 0 Å². The van der Waals surface area contributed by atoms with Gasteiger partial charge in [0.15, 0.2) is 34.0 Å². The standard InChI is InChI=1S/C12H9F5N2O2S2/c1-4(2)10-12(18-3-22-10)19-23(20,21)11-8(16)6(14)5(13)7(15)9(11)17/h3-4,19H,1-2H3. The second-order valence-electron chi connectivity index (χ2n) is 4.72. The average molecular weight is 372 g/mol. The largest absolute Gasteiger partial charge is 0.269 e. The maximum absolute atomic E-state index is 13.6. The molecule has 0 fully saturated rings. The Bertz CT molecular complexity index is 836. The van der Waals surface area contributed by atoms with Crippen molar-refractivity contribution < 1.29 is 30.4 Å². The Kier molecular flexibility index (Phi) is 4.62. The number of hydrogen-bond donors (Lipinski definition) is 1. The van der Waals surface area contributed by atoms with Crippen molar-refractivity contribution in [1.82, 2.24) is 4.98 Å². The summed E-state index contributed by atoms with van der Waals surface area (Å²) in [5, 5.41) is 0. The highest BCUT2D eigenvalue weighted by Crippen LogP contribution is 2.31. The fourth-order valence-electron chi connectivity index (χ4n) is 1.74. The number of sulfonamides is 1. The lowest BCUT2D eigenvalue weighted by molar-refractivity contribution is 0.358. The number of benzene rings is 1. The molecule has 0 aliphatic rings. The molecule has 0 spiro atoms. The van der Waals surface area contributed by atoms with Gasteiger partial charge < -0.3 is 0 Å². The first-order valence-corrected chi connectivity index (χ1v) is 8.41. The van der Waals surface area contributed by atoms with Crippen LogP contribution < -0.4 is 4.72 Å². The van der Waals surface area contributed by atoms with E-state index in [0.717, 1.165) is 11.3 Å². The summed E-state index contributed by atoms with van der Waals surface area (Å²) >= 11 is 1.08. The minimum Gasteiger partial charge on any atom is -0.262 e. The predicted octanol–water partition coefficient (Wildman–Crippen LogP) is 3.76. The molecule has 23 heavy (non-hydrogen) atoms. The number of anilines is 1. The van der Waals surface area contributed by atoms with Gasteiger partial charge in [-0.25, -0.2) is 35.4 Å². The predicted molar refractivity (Wildman–Crippen MR) is 73.2 cm³/mol. The van der Waals surface area contributed by atoms with E-state index in [1.54, 1.807) is 18.6 Å². The van der Waals surface area contributed by atoms with Crippen LogP contribution >= 0.6 is 11.3 Å². The van der Waals surface area contributed by atoms with Crippen LogP contribution in [0.5, 0.6) is 0 Å². The molecule has 1 N–H and O–H groups in total. The van der Waals surface area contributed by atoms with Crippen molar-refractivity contribution >= 4 is 27.2 Å². The normalized spacial score (nSPS) is 12.0. The van der Waals surface area contributed by atoms with Gasteiger partial charge in [-0.2, -0.15) is 0 Å². The molecule has 0 atom stereocenters. The summed E-state index contributed by atoms with van der Waals surface area (Å²) < 4.78 is 92.4. The first kappa shape index (κ1) is 17.6. The van der Waals surface area contributed by atoms with Gasteiger partial charge in [0.1, 0.15) is 0 Å². The van der Waals surface area contributed by atoms with Crippen molar-refractivity contribution in [2.45, 2.75) is 24.7 Å². The first-order chi connectivity index (χ1) is 10.6. The molecule has 126 valence electrons. The van der Waals surface area contributed by atoms with E-state index in [-0.39, 0.29) is 11.7 Å². The van der Waals surface area contributed by atoms with Crippen LogP contribution in [0, 0.1) is 29.1 Å². The molecular weight excluding hydrogens is 363 g/mol. The van der Waals surface area contributed by atoms with Gasteiger partial charge in [-0.05, 0) is 5.92 Å². The van der Waals surface area contributed by atoms with Gasteiger partial charge in [0.25, 0.3) is 10.0 Å². The van der Waals surface area contributed by atoms with Gasteiger partial charge in [-0.3, -0.25) is 4.72 Å². The minimum atomic E-state index is -5.06. The fraction of sp³-hybridized carbons (Fsp3) is 0.250. The summed E-state index contributed by atoms with van der Waals surface area (Å²) in [6.45, 7) is 3.42. The van der Waals surface area contributed by atoms with Gasteiger partial charge in [0.2, 0.25) is 5.82 Å². The molecule has 0 aliphatic heterocycles. The number of nitrogens with zero attached hydrogens (tertiary/aromatic N) is 1. The molecule has 0 saturated heterocycles. The highest BCUT2D eigenvalue weighted by atomic mass is 32.2. The molecule has 0 amide bonds. The Balaban J connectivity index is 2.60. The van der Waals surface area contributed by atoms with E-state index in [1.165, 1.54) is 5.51 Å². The highest BCUT2D eigenvalue weighted by Gasteiger charge is 2.34. The van der Waals surface area contributed by atoms with Crippen molar-refractivity contribution in [3.8, 4) is 0 Å². The zero-order valence-electron chi connectivity index (χ0n) is 11.6. The van der Waals surface area contributed by atoms with Gasteiger partial charge >= 0.3 is 0 Å². The molecule has 2 rings (SSSR count). The third-order valence-corrected chi connectivity index (χ3v) is 5.28. The summed E-state index contributed by atoms with van der Waals surface area (Å²) in [6, 6.07) is 0. The van der Waals surface area contributed by atoms with Crippen LogP contribution in [0.3, 0.4) is 0 Å². The van der Waals surface area contributed by atoms with Crippen LogP contribution in [0.2, 0.25) is 0 Å². The second kappa shape index (κ2) is 6.04. The molecule has 2 aromatic rings. The van der Waals surface area contributed by atoms with Crippen LogP contribution in [-0.2, 0) is 10.0 Å². The average Bonchev–Trinajstić information content (AvgIpc) is 2.90. The van der Waals surface area contributed by atoms with Gasteiger partial charge in [0, 0.05) is 0 Å². The van der Waals surface area contributed by atoms with E-state index in [1.807, 2.05) is 0 Å². The Morgan fingerprint density at radius 3 is 1.96 bits per heavy atom. The van der Waals surface area contributed by atoms with Gasteiger partial charge in [-0.15, -0.1) is 11.3 Å². The topological polar surface area (TPSA) is 59.1 Å². The monoisotopic (exact) mass is 372 g/mol. The summed E-state index contributed by atoms with van der Waals surface area (Å²) in [5.41, 5.74) is 1.28. The van der Waals surface area contributed by atoms with Crippen LogP contribution in [-0.4, -0.2) is 13.4 Å². The van der Waals surface area contributed by atoms with Crippen LogP contribution in [0.1, 0.15) is 24.6 Å². The Hall–Kier alpha value is -1.75. The van der Waals surface area contributed by atoms with Crippen LogP contribution in [0.4, 0.5) is 27.8 Å². The maximum atomic E-state index is 13.6. The Morgan fingerprint density at radius 2 is 1.48 bits per heavy atom. The maximum Gasteiger partial charge on any atom is 0.269 e. The van der Waals surface area contributed by atoms with E-state index in [2.05, 4.69) is 4.98 Å². The van der Waals surface area contributed by atoms with E-state index >= 15 is 0 Å². The molecule has 1 aromatic heterocycles. The molecular formula is C12H9F5N2O2S2. The number of hydrogen-bond acceptors (Lipinski definition) is 4. The first-order valence-electron chi connectivity index (χ1n) is 6.05. The van der Waals surface area contributed by atoms with E-state index < -0.39 is 44.0 Å². The summed E-state index contributed by atoms with van der Waals surface area (Å²) in [5.74, 6) is -12.4. The number of rotatable bonds is 4. The van der Waals surface area contributed by atoms with Crippen LogP contribution in [0.25, 0.3) is 0 Å². The van der Waals surface area contributed by atoms with E-state index in [4.69, 9.17) is 0 Å². The minimum absolute atomic E-state index is 0.170. The fourth-order valence-corrected chi connectivity index (χ4v) is 3.73. The molecule has 0 unspecified atom stereocenters. The quantitative estimate of drug-likeness (QED) is 0.505. The van der Waals surface area contributed by atoms with Gasteiger partial charge in [-0.1, -0.05) is 13.8 Å². The molecule has 0 aliphatic carbocycles. The van der Waals surface area contributed by atoms with Gasteiger partial charge in [0.05, 0.1) is 10.4 Å². The van der Waals surface area contributed by atoms with Crippen LogP contribution in [0.15, 0.2) is 10.4 Å². The van der Waals surface area contributed by atoms with E-state index in [9.17, 15) is 30.4 Å². The third kappa shape index (κ3) is 3.02. The number of aromatic nitrogens is 1. The lowest BCUT2D eigenvalue weighted by Gasteiger charge is -2.12. The van der Waals surface area contributed by atoms with Crippen molar-refractivity contribution in [3.63, 3.8) is 0 Å². The summed E-state index contributed by atoms with van der Waals surface area (Å²) in [7, 11) is -5.06. The Morgan fingerprint density at radius 1 is 1.00 bits per heavy atom. The number of halogens is 5. The molecule has 0 bridgehead atoms. The Labute approximate surface area is 132 Å². The summed E-state index contributed by atoms with van der Waals surface area (Å²) in [4.78, 5) is 2.19. The molecule has 1 heterocycles. The van der Waals surface area contributed by atoms with Crippen molar-refractivity contribution in [3.05, 3.63) is 39.5 Å². The lowest BCUT2D eigenvalue weighted by Crippen LogP contribution is -2.20. The summed E-state index contributed by atoms with van der Waals surface area (Å²) in [6.07, 6.45) is 0. The zero-order chi connectivity index (χ0) is 17.5. The molecule has 0 saturated carbocycles. The zero-order valence-corrected chi connectivity index (χ0v) is 13.3.